The van der Waals surface area contributed by atoms with Crippen LogP contribution < -0.4 is 21.7 Å². The minimum Gasteiger partial charge on any atom is -0.366 e. The number of nitrogens with zero attached hydrogens (tertiary/aromatic N) is 2. The molecule has 2 rings (SSSR count). The van der Waals surface area contributed by atoms with Gasteiger partial charge in [0, 0.05) is 19.2 Å². The highest BCUT2D eigenvalue weighted by molar-refractivity contribution is 7.89. The monoisotopic (exact) mass is 500 g/mol. The molecule has 15 heteroatoms. The van der Waals surface area contributed by atoms with Crippen LogP contribution in [-0.4, -0.2) is 29.5 Å². The first-order valence-corrected chi connectivity index (χ1v) is 10.6. The maximum absolute atomic E-state index is 15.4. The van der Waals surface area contributed by atoms with Gasteiger partial charge in [0.05, 0.1) is 16.3 Å². The van der Waals surface area contributed by atoms with Crippen LogP contribution in [0.25, 0.3) is 5.69 Å². The van der Waals surface area contributed by atoms with Crippen molar-refractivity contribution in [2.45, 2.75) is 37.4 Å². The fourth-order valence-corrected chi connectivity index (χ4v) is 4.74. The fourth-order valence-electron chi connectivity index (χ4n) is 2.70. The molecule has 0 aliphatic carbocycles. The highest BCUT2D eigenvalue weighted by atomic mass is 35.5. The van der Waals surface area contributed by atoms with E-state index in [1.54, 1.807) is 6.92 Å². The number of nitrogens with one attached hydrogen (secondary N) is 1. The second kappa shape index (κ2) is 8.67. The van der Waals surface area contributed by atoms with E-state index in [0.717, 1.165) is 0 Å². The van der Waals surface area contributed by atoms with Crippen molar-refractivity contribution in [3.63, 3.8) is 0 Å². The van der Waals surface area contributed by atoms with E-state index < -0.39 is 72.1 Å². The third-order valence-electron chi connectivity index (χ3n) is 4.50. The normalized spacial score (nSPS) is 13.2. The molecule has 0 radical (unpaired) electrons. The van der Waals surface area contributed by atoms with Gasteiger partial charge in [-0.1, -0.05) is 18.5 Å². The predicted octanol–water partition coefficient (Wildman–Crippen LogP) is 1.52. The summed E-state index contributed by atoms with van der Waals surface area (Å²) in [7, 11) is -4.08. The molecule has 9 nitrogen and oxygen atoms in total. The van der Waals surface area contributed by atoms with Crippen LogP contribution in [-0.2, 0) is 23.2 Å². The summed E-state index contributed by atoms with van der Waals surface area (Å²) in [6.45, 7) is 3.06. The molecule has 32 heavy (non-hydrogen) atoms. The smallest absolute Gasteiger partial charge is 0.366 e. The minimum absolute atomic E-state index is 0.0188. The number of aromatic nitrogens is 2. The molecule has 3 N–H and O–H groups in total. The van der Waals surface area contributed by atoms with Crippen molar-refractivity contribution >= 4 is 27.5 Å². The van der Waals surface area contributed by atoms with Crippen LogP contribution in [0.3, 0.4) is 0 Å². The second-order valence-electron chi connectivity index (χ2n) is 6.74. The lowest BCUT2D eigenvalue weighted by Crippen LogP contribution is -2.41. The average Bonchev–Trinajstić information content (AvgIpc) is 2.64. The van der Waals surface area contributed by atoms with Crippen LogP contribution in [0.15, 0.2) is 26.6 Å². The Morgan fingerprint density at radius 3 is 2.31 bits per heavy atom. The van der Waals surface area contributed by atoms with Gasteiger partial charge in [-0.05, 0) is 19.4 Å². The standard InChI is InChI=1S/C17H17ClF4N4O5S/c1-4-7(2)24-32(30,31)14-12(18)8(15(23)28)5-9(13(14)19)26-11(27)6-10(17(20,21)22)25(3)16(26)29/h5-7,24H,4H2,1-3H3,(H2,23,28). The number of benzene rings is 1. The summed E-state index contributed by atoms with van der Waals surface area (Å²) >= 11 is 5.90. The molecule has 0 aliphatic rings. The Morgan fingerprint density at radius 1 is 1.28 bits per heavy atom. The number of carbonyl (C=O) groups excluding carboxylic acids is 1. The number of alkyl halides is 3. The minimum atomic E-state index is -5.09. The van der Waals surface area contributed by atoms with Gasteiger partial charge in [-0.15, -0.1) is 0 Å². The summed E-state index contributed by atoms with van der Waals surface area (Å²) in [6, 6.07) is -0.179. The van der Waals surface area contributed by atoms with Gasteiger partial charge >= 0.3 is 11.9 Å². The Hall–Kier alpha value is -2.71. The van der Waals surface area contributed by atoms with E-state index in [-0.39, 0.29) is 21.6 Å². The lowest BCUT2D eigenvalue weighted by Gasteiger charge is -2.18. The third kappa shape index (κ3) is 4.56. The molecule has 176 valence electrons. The summed E-state index contributed by atoms with van der Waals surface area (Å²) in [6.07, 6.45) is -4.81. The molecule has 0 spiro atoms. The zero-order valence-electron chi connectivity index (χ0n) is 16.8. The summed E-state index contributed by atoms with van der Waals surface area (Å²) in [5, 5.41) is -0.925. The zero-order chi connectivity index (χ0) is 24.8. The van der Waals surface area contributed by atoms with Gasteiger partial charge in [-0.25, -0.2) is 26.9 Å². The van der Waals surface area contributed by atoms with Crippen LogP contribution in [0.4, 0.5) is 17.6 Å². The molecule has 0 saturated heterocycles. The van der Waals surface area contributed by atoms with Crippen molar-refractivity contribution in [1.29, 1.82) is 0 Å². The number of nitrogens with two attached hydrogens (primary N) is 1. The van der Waals surface area contributed by atoms with E-state index in [0.29, 0.717) is 13.1 Å². The van der Waals surface area contributed by atoms with Crippen molar-refractivity contribution < 1.29 is 30.8 Å². The number of amides is 1. The van der Waals surface area contributed by atoms with Crippen molar-refractivity contribution in [3.8, 4) is 5.69 Å². The van der Waals surface area contributed by atoms with E-state index in [4.69, 9.17) is 17.3 Å². The number of halogens is 5. The Morgan fingerprint density at radius 2 is 1.84 bits per heavy atom. The van der Waals surface area contributed by atoms with Crippen LogP contribution >= 0.6 is 11.6 Å². The zero-order valence-corrected chi connectivity index (χ0v) is 18.3. The Kier molecular flexibility index (Phi) is 6.92. The van der Waals surface area contributed by atoms with Crippen molar-refractivity contribution in [2.24, 2.45) is 12.8 Å². The third-order valence-corrected chi connectivity index (χ3v) is 6.63. The molecule has 0 bridgehead atoms. The van der Waals surface area contributed by atoms with Gasteiger partial charge in [-0.3, -0.25) is 14.2 Å². The van der Waals surface area contributed by atoms with Gasteiger partial charge < -0.3 is 5.73 Å². The number of rotatable bonds is 6. The molecule has 1 unspecified atom stereocenters. The van der Waals surface area contributed by atoms with E-state index in [1.807, 2.05) is 0 Å². The number of hydrogen-bond acceptors (Lipinski definition) is 5. The van der Waals surface area contributed by atoms with Crippen molar-refractivity contribution in [1.82, 2.24) is 13.9 Å². The number of hydrogen-bond donors (Lipinski definition) is 2. The van der Waals surface area contributed by atoms with Crippen molar-refractivity contribution in [3.05, 3.63) is 55.1 Å². The molecule has 2 aromatic rings. The summed E-state index contributed by atoms with van der Waals surface area (Å²) < 4.78 is 82.1. The first-order chi connectivity index (χ1) is 14.5. The number of primary amides is 1. The lowest BCUT2D eigenvalue weighted by molar-refractivity contribution is -0.144. The number of sulfonamides is 1. The van der Waals surface area contributed by atoms with Crippen LogP contribution in [0, 0.1) is 5.82 Å². The van der Waals surface area contributed by atoms with Gasteiger partial charge in [-0.2, -0.15) is 13.2 Å². The topological polar surface area (TPSA) is 133 Å². The Bertz CT molecular complexity index is 1320. The van der Waals surface area contributed by atoms with Crippen LogP contribution in [0.1, 0.15) is 36.3 Å². The molecular formula is C17H17ClF4N4O5S. The average molecular weight is 501 g/mol. The second-order valence-corrected chi connectivity index (χ2v) is 8.77. The van der Waals surface area contributed by atoms with Gasteiger partial charge in [0.2, 0.25) is 15.9 Å². The lowest BCUT2D eigenvalue weighted by atomic mass is 10.1. The first-order valence-electron chi connectivity index (χ1n) is 8.79. The van der Waals surface area contributed by atoms with E-state index in [1.165, 1.54) is 6.92 Å². The largest absolute Gasteiger partial charge is 0.431 e. The highest BCUT2D eigenvalue weighted by Crippen LogP contribution is 2.32. The molecule has 1 amide bonds. The molecule has 1 aromatic heterocycles. The van der Waals surface area contributed by atoms with Gasteiger partial charge in [0.25, 0.3) is 5.56 Å². The first kappa shape index (κ1) is 25.5. The van der Waals surface area contributed by atoms with Gasteiger partial charge in [0.15, 0.2) is 5.82 Å². The van der Waals surface area contributed by atoms with Crippen LogP contribution in [0.5, 0.6) is 0 Å². The van der Waals surface area contributed by atoms with E-state index in [2.05, 4.69) is 4.72 Å². The maximum Gasteiger partial charge on any atom is 0.431 e. The quantitative estimate of drug-likeness (QED) is 0.580. The molecule has 0 fully saturated rings. The summed E-state index contributed by atoms with van der Waals surface area (Å²) in [5.74, 6) is -3.08. The van der Waals surface area contributed by atoms with Gasteiger partial charge in [0.1, 0.15) is 10.6 Å². The molecular weight excluding hydrogens is 484 g/mol. The molecule has 0 aliphatic heterocycles. The summed E-state index contributed by atoms with van der Waals surface area (Å²) in [5.41, 5.74) is -1.64. The molecule has 0 saturated carbocycles. The Balaban J connectivity index is 3.02. The predicted molar refractivity (Wildman–Crippen MR) is 106 cm³/mol. The van der Waals surface area contributed by atoms with Crippen LogP contribution in [0.2, 0.25) is 5.02 Å². The fraction of sp³-hybridized carbons (Fsp3) is 0.353. The number of carbonyl (C=O) groups is 1. The Labute approximate surface area is 183 Å². The van der Waals surface area contributed by atoms with E-state index >= 15 is 4.39 Å². The SMILES string of the molecule is CCC(C)NS(=O)(=O)c1c(F)c(-n2c(=O)cc(C(F)(F)F)n(C)c2=O)cc(C(N)=O)c1Cl. The molecule has 1 aromatic carbocycles. The highest BCUT2D eigenvalue weighted by Gasteiger charge is 2.36. The molecule has 1 heterocycles. The van der Waals surface area contributed by atoms with E-state index in [9.17, 15) is 36.0 Å². The molecule has 1 atom stereocenters. The maximum atomic E-state index is 15.4. The summed E-state index contributed by atoms with van der Waals surface area (Å²) in [4.78, 5) is 35.3. The van der Waals surface area contributed by atoms with Crippen molar-refractivity contribution in [2.75, 3.05) is 0 Å².